The third-order valence-electron chi connectivity index (χ3n) is 3.08. The topological polar surface area (TPSA) is 49.7 Å². The van der Waals surface area contributed by atoms with E-state index >= 15 is 0 Å². The van der Waals surface area contributed by atoms with Crippen molar-refractivity contribution in [3.63, 3.8) is 0 Å². The quantitative estimate of drug-likeness (QED) is 0.873. The molecule has 0 unspecified atom stereocenters. The molecule has 2 aromatic carbocycles. The van der Waals surface area contributed by atoms with Crippen LogP contribution in [0.5, 0.6) is 0 Å². The highest BCUT2D eigenvalue weighted by molar-refractivity contribution is 6.43. The van der Waals surface area contributed by atoms with Crippen LogP contribution in [0.3, 0.4) is 0 Å². The zero-order valence-electron chi connectivity index (χ0n) is 9.63. The molecule has 1 N–H and O–H groups in total. The number of fused-ring (bicyclic) bond motifs is 1. The highest BCUT2D eigenvalue weighted by Crippen LogP contribution is 2.26. The highest BCUT2D eigenvalue weighted by Gasteiger charge is 2.21. The molecule has 18 heavy (non-hydrogen) atoms. The van der Waals surface area contributed by atoms with E-state index in [2.05, 4.69) is 4.99 Å². The number of benzene rings is 2. The number of hydrogen-bond acceptors (Lipinski definition) is 2. The molecule has 88 valence electrons. The van der Waals surface area contributed by atoms with Gasteiger partial charge >= 0.3 is 5.97 Å². The lowest BCUT2D eigenvalue weighted by Crippen LogP contribution is -2.12. The first kappa shape index (κ1) is 10.7. The maximum Gasteiger partial charge on any atom is 0.354 e. The van der Waals surface area contributed by atoms with Crippen molar-refractivity contribution in [2.75, 3.05) is 0 Å². The van der Waals surface area contributed by atoms with Crippen LogP contribution in [0.1, 0.15) is 11.1 Å². The molecule has 0 fully saturated rings. The van der Waals surface area contributed by atoms with E-state index in [9.17, 15) is 4.79 Å². The van der Waals surface area contributed by atoms with Crippen LogP contribution >= 0.6 is 0 Å². The minimum Gasteiger partial charge on any atom is -0.477 e. The third kappa shape index (κ3) is 1.70. The summed E-state index contributed by atoms with van der Waals surface area (Å²) in [5.74, 6) is -0.959. The largest absolute Gasteiger partial charge is 0.477 e. The van der Waals surface area contributed by atoms with E-state index < -0.39 is 5.97 Å². The monoisotopic (exact) mass is 237 g/mol. The van der Waals surface area contributed by atoms with Crippen molar-refractivity contribution in [3.05, 3.63) is 59.7 Å². The van der Waals surface area contributed by atoms with E-state index in [1.807, 2.05) is 48.5 Å². The molecular formula is C15H11NO2. The number of carboxylic acids is 1. The predicted molar refractivity (Wildman–Crippen MR) is 69.8 cm³/mol. The van der Waals surface area contributed by atoms with Crippen molar-refractivity contribution in [2.45, 2.75) is 6.54 Å². The van der Waals surface area contributed by atoms with Crippen molar-refractivity contribution >= 4 is 11.7 Å². The first-order valence-electron chi connectivity index (χ1n) is 5.72. The van der Waals surface area contributed by atoms with Crippen LogP contribution in [0.25, 0.3) is 11.1 Å². The van der Waals surface area contributed by atoms with Gasteiger partial charge in [0.25, 0.3) is 0 Å². The Morgan fingerprint density at radius 3 is 2.56 bits per heavy atom. The predicted octanol–water partition coefficient (Wildman–Crippen LogP) is 2.74. The summed E-state index contributed by atoms with van der Waals surface area (Å²) in [6.07, 6.45) is 0. The van der Waals surface area contributed by atoms with Crippen LogP contribution in [0.15, 0.2) is 53.5 Å². The Morgan fingerprint density at radius 1 is 1.06 bits per heavy atom. The molecule has 3 nitrogen and oxygen atoms in total. The van der Waals surface area contributed by atoms with Crippen molar-refractivity contribution in [1.29, 1.82) is 0 Å². The molecule has 0 spiro atoms. The number of aliphatic imine (C=N–C) groups is 1. The summed E-state index contributed by atoms with van der Waals surface area (Å²) in [5.41, 5.74) is 3.99. The molecule has 0 radical (unpaired) electrons. The summed E-state index contributed by atoms with van der Waals surface area (Å²) in [6.45, 7) is 0.464. The molecule has 3 rings (SSSR count). The second-order valence-electron chi connectivity index (χ2n) is 4.21. The van der Waals surface area contributed by atoms with Gasteiger partial charge in [0.05, 0.1) is 6.54 Å². The van der Waals surface area contributed by atoms with Gasteiger partial charge in [-0.2, -0.15) is 0 Å². The van der Waals surface area contributed by atoms with Gasteiger partial charge in [-0.3, -0.25) is 4.99 Å². The summed E-state index contributed by atoms with van der Waals surface area (Å²) in [7, 11) is 0. The Kier molecular flexibility index (Phi) is 2.45. The molecule has 0 saturated carbocycles. The van der Waals surface area contributed by atoms with Gasteiger partial charge in [-0.15, -0.1) is 0 Å². The van der Waals surface area contributed by atoms with E-state index in [1.54, 1.807) is 0 Å². The summed E-state index contributed by atoms with van der Waals surface area (Å²) in [6, 6.07) is 15.8. The summed E-state index contributed by atoms with van der Waals surface area (Å²) >= 11 is 0. The lowest BCUT2D eigenvalue weighted by Gasteiger charge is -2.05. The van der Waals surface area contributed by atoms with Crippen LogP contribution in [-0.4, -0.2) is 16.8 Å². The standard InChI is InChI=1S/C15H11NO2/c17-15(18)14-13-8-11(6-7-12(13)9-16-14)10-4-2-1-3-5-10/h1-8H,9H2,(H,17,18). The molecule has 0 atom stereocenters. The number of nitrogens with zero attached hydrogens (tertiary/aromatic N) is 1. The van der Waals surface area contributed by atoms with Crippen molar-refractivity contribution in [2.24, 2.45) is 4.99 Å². The SMILES string of the molecule is O=C(O)C1=NCc2ccc(-c3ccccc3)cc21. The highest BCUT2D eigenvalue weighted by atomic mass is 16.4. The Labute approximate surface area is 104 Å². The molecule has 0 bridgehead atoms. The Balaban J connectivity index is 2.09. The van der Waals surface area contributed by atoms with Gasteiger partial charge in [-0.05, 0) is 22.8 Å². The Hall–Kier alpha value is -2.42. The Bertz CT molecular complexity index is 645. The van der Waals surface area contributed by atoms with Crippen LogP contribution in [0.4, 0.5) is 0 Å². The van der Waals surface area contributed by atoms with Gasteiger partial charge in [0, 0.05) is 5.56 Å². The van der Waals surface area contributed by atoms with Gasteiger partial charge in [-0.1, -0.05) is 42.5 Å². The molecule has 0 aliphatic carbocycles. The van der Waals surface area contributed by atoms with Gasteiger partial charge in [0.2, 0.25) is 0 Å². The number of hydrogen-bond donors (Lipinski definition) is 1. The van der Waals surface area contributed by atoms with Gasteiger partial charge in [0.15, 0.2) is 5.71 Å². The fourth-order valence-corrected chi connectivity index (χ4v) is 2.18. The molecule has 0 aromatic heterocycles. The molecule has 0 saturated heterocycles. The zero-order valence-corrected chi connectivity index (χ0v) is 9.63. The maximum atomic E-state index is 11.1. The van der Waals surface area contributed by atoms with Crippen LogP contribution in [0.2, 0.25) is 0 Å². The second-order valence-corrected chi connectivity index (χ2v) is 4.21. The van der Waals surface area contributed by atoms with Gasteiger partial charge in [0.1, 0.15) is 0 Å². The zero-order chi connectivity index (χ0) is 12.5. The van der Waals surface area contributed by atoms with Crippen molar-refractivity contribution in [1.82, 2.24) is 0 Å². The summed E-state index contributed by atoms with van der Waals surface area (Å²) in [5, 5.41) is 9.09. The molecule has 1 aliphatic rings. The van der Waals surface area contributed by atoms with Crippen LogP contribution in [0, 0.1) is 0 Å². The van der Waals surface area contributed by atoms with Crippen molar-refractivity contribution < 1.29 is 9.90 Å². The molecule has 0 amide bonds. The van der Waals surface area contributed by atoms with Gasteiger partial charge in [-0.25, -0.2) is 4.79 Å². The fraction of sp³-hybridized carbons (Fsp3) is 0.0667. The fourth-order valence-electron chi connectivity index (χ4n) is 2.18. The molecule has 1 heterocycles. The molecule has 1 aliphatic heterocycles. The first-order valence-corrected chi connectivity index (χ1v) is 5.72. The van der Waals surface area contributed by atoms with E-state index in [0.29, 0.717) is 6.54 Å². The minimum absolute atomic E-state index is 0.169. The third-order valence-corrected chi connectivity index (χ3v) is 3.08. The number of carboxylic acid groups (broad SMARTS) is 1. The Morgan fingerprint density at radius 2 is 1.83 bits per heavy atom. The molecule has 3 heteroatoms. The number of rotatable bonds is 2. The van der Waals surface area contributed by atoms with Crippen LogP contribution < -0.4 is 0 Å². The lowest BCUT2D eigenvalue weighted by atomic mass is 9.98. The van der Waals surface area contributed by atoms with Crippen molar-refractivity contribution in [3.8, 4) is 11.1 Å². The lowest BCUT2D eigenvalue weighted by molar-refractivity contribution is -0.129. The maximum absolute atomic E-state index is 11.1. The first-order chi connectivity index (χ1) is 8.75. The minimum atomic E-state index is -0.959. The van der Waals surface area contributed by atoms with E-state index in [1.165, 1.54) is 0 Å². The summed E-state index contributed by atoms with van der Waals surface area (Å²) < 4.78 is 0. The van der Waals surface area contributed by atoms with Gasteiger partial charge < -0.3 is 5.11 Å². The normalized spacial score (nSPS) is 13.0. The van der Waals surface area contributed by atoms with E-state index in [-0.39, 0.29) is 5.71 Å². The number of carbonyl (C=O) groups is 1. The number of aliphatic carboxylic acids is 1. The average molecular weight is 237 g/mol. The van der Waals surface area contributed by atoms with E-state index in [4.69, 9.17) is 5.11 Å². The molecule has 2 aromatic rings. The average Bonchev–Trinajstić information content (AvgIpc) is 2.82. The second kappa shape index (κ2) is 4.11. The van der Waals surface area contributed by atoms with Crippen LogP contribution in [-0.2, 0) is 11.3 Å². The smallest absolute Gasteiger partial charge is 0.354 e. The molecular weight excluding hydrogens is 226 g/mol. The van der Waals surface area contributed by atoms with E-state index in [0.717, 1.165) is 22.3 Å². The summed E-state index contributed by atoms with van der Waals surface area (Å²) in [4.78, 5) is 15.1.